The Bertz CT molecular complexity index is 839. The van der Waals surface area contributed by atoms with Crippen molar-refractivity contribution in [3.05, 3.63) is 60.2 Å². The summed E-state index contributed by atoms with van der Waals surface area (Å²) in [5.41, 5.74) is 3.22. The molecule has 0 saturated carbocycles. The molecule has 1 amide bonds. The first kappa shape index (κ1) is 26.9. The number of amides is 1. The minimum absolute atomic E-state index is 0. The number of esters is 1. The van der Waals surface area contributed by atoms with Crippen LogP contribution in [0.1, 0.15) is 38.7 Å². The molecule has 1 N–H and O–H groups in total. The molecule has 0 saturated heterocycles. The van der Waals surface area contributed by atoms with Crippen LogP contribution < -0.4 is 40.0 Å². The van der Waals surface area contributed by atoms with Gasteiger partial charge < -0.3 is 20.0 Å². The van der Waals surface area contributed by atoms with Gasteiger partial charge in [-0.3, -0.25) is 9.59 Å². The molecule has 0 spiro atoms. The van der Waals surface area contributed by atoms with E-state index in [9.17, 15) is 19.5 Å². The van der Waals surface area contributed by atoms with E-state index in [-0.39, 0.29) is 66.2 Å². The Labute approximate surface area is 205 Å². The largest absolute Gasteiger partial charge is 1.00 e. The number of carbonyl (C=O) groups is 3. The van der Waals surface area contributed by atoms with Crippen LogP contribution in [0.5, 0.6) is 0 Å². The molecule has 0 aliphatic rings. The van der Waals surface area contributed by atoms with E-state index in [1.807, 2.05) is 54.6 Å². The minimum Gasteiger partial charge on any atom is -0.550 e. The van der Waals surface area contributed by atoms with Crippen molar-refractivity contribution in [2.75, 3.05) is 6.61 Å². The van der Waals surface area contributed by atoms with Crippen molar-refractivity contribution in [1.29, 1.82) is 0 Å². The van der Waals surface area contributed by atoms with Gasteiger partial charge >= 0.3 is 35.5 Å². The maximum Gasteiger partial charge on any atom is 1.00 e. The molecule has 6 nitrogen and oxygen atoms in total. The SMILES string of the molecule is CCOC(=O)[C@H](C)C[C@@H](Cc1ccc(-c2ccccc2)cc1)N[13C](=O)[13CH2][13CH2][13C](=O)[O-].[Na+]. The number of hydrogen-bond donors (Lipinski definition) is 1. The molecule has 31 heavy (non-hydrogen) atoms. The first-order valence-electron chi connectivity index (χ1n) is 10.2. The zero-order valence-electron chi connectivity index (χ0n) is 18.4. The molecule has 2 atom stereocenters. The minimum atomic E-state index is -1.27. The number of carboxylic acids is 1. The van der Waals surface area contributed by atoms with Crippen LogP contribution in [0.3, 0.4) is 0 Å². The van der Waals surface area contributed by atoms with Crippen LogP contribution in [0.25, 0.3) is 11.1 Å². The topological polar surface area (TPSA) is 95.5 Å². The number of carboxylic acid groups (broad SMARTS) is 1. The summed E-state index contributed by atoms with van der Waals surface area (Å²) in [5.74, 6) is -2.34. The predicted octanol–water partition coefficient (Wildman–Crippen LogP) is -0.496. The molecule has 0 radical (unpaired) electrons. The maximum absolute atomic E-state index is 12.1. The van der Waals surface area contributed by atoms with Crippen LogP contribution in [-0.2, 0) is 25.5 Å². The van der Waals surface area contributed by atoms with E-state index < -0.39 is 5.97 Å². The second kappa shape index (κ2) is 14.0. The normalized spacial score (nSPS) is 12.2. The van der Waals surface area contributed by atoms with Crippen LogP contribution in [-0.4, -0.2) is 30.5 Å². The van der Waals surface area contributed by atoms with Crippen LogP contribution in [0.4, 0.5) is 0 Å². The summed E-state index contributed by atoms with van der Waals surface area (Å²) in [6.07, 6.45) is 0.434. The molecule has 0 bridgehead atoms. The fourth-order valence-corrected chi connectivity index (χ4v) is 3.26. The summed E-state index contributed by atoms with van der Waals surface area (Å²) in [6.45, 7) is 3.81. The monoisotopic (exact) mass is 437 g/mol. The molecule has 160 valence electrons. The quantitative estimate of drug-likeness (QED) is 0.291. The Hall–Kier alpha value is -2.15. The van der Waals surface area contributed by atoms with Gasteiger partial charge in [0.1, 0.15) is 0 Å². The van der Waals surface area contributed by atoms with E-state index in [2.05, 4.69) is 5.32 Å². The zero-order valence-corrected chi connectivity index (χ0v) is 20.4. The number of carbonyl (C=O) groups excluding carboxylic acids is 3. The fraction of sp³-hybridized carbons (Fsp3) is 0.375. The molecular formula is C24H28NNaO5. The molecule has 7 heteroatoms. The van der Waals surface area contributed by atoms with Gasteiger partial charge in [0.05, 0.1) is 12.5 Å². The molecule has 2 rings (SSSR count). The second-order valence-corrected chi connectivity index (χ2v) is 7.29. The summed E-state index contributed by atoms with van der Waals surface area (Å²) < 4.78 is 5.07. The number of aliphatic carboxylic acids is 1. The Morgan fingerprint density at radius 3 is 2.16 bits per heavy atom. The van der Waals surface area contributed by atoms with Crippen molar-refractivity contribution >= 4 is 17.8 Å². The van der Waals surface area contributed by atoms with Crippen LogP contribution in [0.2, 0.25) is 0 Å². The first-order chi connectivity index (χ1) is 14.4. The first-order valence-corrected chi connectivity index (χ1v) is 10.2. The third-order valence-corrected chi connectivity index (χ3v) is 4.79. The van der Waals surface area contributed by atoms with Crippen molar-refractivity contribution in [1.82, 2.24) is 5.32 Å². The number of hydrogen-bond acceptors (Lipinski definition) is 5. The van der Waals surface area contributed by atoms with Gasteiger partial charge in [0.2, 0.25) is 5.91 Å². The third kappa shape index (κ3) is 9.68. The Kier molecular flexibility index (Phi) is 12.2. The van der Waals surface area contributed by atoms with Crippen LogP contribution in [0, 0.1) is 5.92 Å². The standard InChI is InChI=1S/C24H29NO5.Na/c1-3-30-24(29)17(2)15-21(25-22(26)13-14-23(27)28)16-18-9-11-20(12-10-18)19-7-5-4-6-8-19;/h4-12,17,21H,3,13-16H2,1-2H3,(H,25,26)(H,27,28);/q;+1/p-1/t17-,21+;/m1./s1/i13+1,14+1,22+1,23+1;. The summed E-state index contributed by atoms with van der Waals surface area (Å²) >= 11 is 0. The van der Waals surface area contributed by atoms with Crippen LogP contribution in [0.15, 0.2) is 54.6 Å². The summed E-state index contributed by atoms with van der Waals surface area (Å²) in [4.78, 5) is 34.8. The van der Waals surface area contributed by atoms with E-state index in [0.717, 1.165) is 16.7 Å². The second-order valence-electron chi connectivity index (χ2n) is 7.29. The molecule has 0 aliphatic carbocycles. The number of nitrogens with one attached hydrogen (secondary N) is 1. The predicted molar refractivity (Wildman–Crippen MR) is 112 cm³/mol. The van der Waals surface area contributed by atoms with Gasteiger partial charge in [0.15, 0.2) is 0 Å². The van der Waals surface area contributed by atoms with Crippen molar-refractivity contribution in [3.63, 3.8) is 0 Å². The average molecular weight is 437 g/mol. The van der Waals surface area contributed by atoms with Crippen molar-refractivity contribution in [2.45, 2.75) is 45.6 Å². The van der Waals surface area contributed by atoms with E-state index in [1.54, 1.807) is 13.8 Å². The van der Waals surface area contributed by atoms with E-state index in [0.29, 0.717) is 19.4 Å². The summed E-state index contributed by atoms with van der Waals surface area (Å²) in [7, 11) is 0. The van der Waals surface area contributed by atoms with Gasteiger partial charge in [-0.25, -0.2) is 0 Å². The Morgan fingerprint density at radius 2 is 1.58 bits per heavy atom. The smallest absolute Gasteiger partial charge is 0.550 e. The fourth-order valence-electron chi connectivity index (χ4n) is 3.26. The molecule has 0 aliphatic heterocycles. The van der Waals surface area contributed by atoms with Crippen molar-refractivity contribution in [3.8, 4) is 11.1 Å². The van der Waals surface area contributed by atoms with Crippen LogP contribution >= 0.6 is 0 Å². The van der Waals surface area contributed by atoms with Gasteiger partial charge in [0, 0.05) is 18.4 Å². The molecule has 2 aromatic carbocycles. The Balaban J connectivity index is 0.00000480. The van der Waals surface area contributed by atoms with E-state index in [4.69, 9.17) is 4.74 Å². The molecule has 0 heterocycles. The number of rotatable bonds is 11. The molecule has 0 fully saturated rings. The van der Waals surface area contributed by atoms with Gasteiger partial charge in [-0.1, -0.05) is 61.5 Å². The van der Waals surface area contributed by atoms with Gasteiger partial charge in [-0.15, -0.1) is 0 Å². The van der Waals surface area contributed by atoms with Crippen molar-refractivity contribution < 1.29 is 53.8 Å². The average Bonchev–Trinajstić information content (AvgIpc) is 2.73. The maximum atomic E-state index is 12.1. The number of benzene rings is 2. The summed E-state index contributed by atoms with van der Waals surface area (Å²) in [6, 6.07) is 17.7. The van der Waals surface area contributed by atoms with E-state index in [1.165, 1.54) is 0 Å². The molecule has 0 unspecified atom stereocenters. The molecule has 2 aromatic rings. The summed E-state index contributed by atoms with van der Waals surface area (Å²) in [5, 5.41) is 13.5. The van der Waals surface area contributed by atoms with Gasteiger partial charge in [-0.05, 0) is 42.9 Å². The third-order valence-electron chi connectivity index (χ3n) is 4.79. The number of ether oxygens (including phenoxy) is 1. The zero-order chi connectivity index (χ0) is 21.9. The Morgan fingerprint density at radius 1 is 0.968 bits per heavy atom. The molecule has 0 aromatic heterocycles. The molecular weight excluding hydrogens is 409 g/mol. The van der Waals surface area contributed by atoms with Gasteiger partial charge in [0.25, 0.3) is 0 Å². The van der Waals surface area contributed by atoms with Gasteiger partial charge in [-0.2, -0.15) is 0 Å². The van der Waals surface area contributed by atoms with Crippen molar-refractivity contribution in [2.24, 2.45) is 5.92 Å². The van der Waals surface area contributed by atoms with E-state index >= 15 is 0 Å².